The van der Waals surface area contributed by atoms with E-state index in [4.69, 9.17) is 5.14 Å². The van der Waals surface area contributed by atoms with Crippen molar-refractivity contribution in [2.45, 2.75) is 24.0 Å². The van der Waals surface area contributed by atoms with Crippen LogP contribution in [0.4, 0.5) is 17.6 Å². The Hall–Kier alpha value is -3.25. The van der Waals surface area contributed by atoms with Crippen LogP contribution >= 0.6 is 0 Å². The lowest BCUT2D eigenvalue weighted by molar-refractivity contribution is -0.148. The van der Waals surface area contributed by atoms with E-state index >= 15 is 0 Å². The molecule has 0 bridgehead atoms. The van der Waals surface area contributed by atoms with Crippen LogP contribution in [0.25, 0.3) is 11.1 Å². The second-order valence-electron chi connectivity index (χ2n) is 6.67. The lowest BCUT2D eigenvalue weighted by Gasteiger charge is -2.19. The van der Waals surface area contributed by atoms with Gasteiger partial charge in [0.05, 0.1) is 11.1 Å². The van der Waals surface area contributed by atoms with Crippen LogP contribution in [0.1, 0.15) is 22.9 Å². The number of halogens is 4. The standard InChI is InChI=1S/C19H15F4N3O4S/c1-10-2-3-12(8-15(10)20)14-9-25-26(17(14)19(21,22)23)16(18(27)28)11-4-6-13(7-5-11)31(24,29)30/h2-9,16H,1H3,(H,27,28)(H2,24,29,30). The molecule has 12 heteroatoms. The minimum absolute atomic E-state index is 0.129. The molecule has 1 heterocycles. The lowest BCUT2D eigenvalue weighted by Crippen LogP contribution is -2.26. The normalized spacial score (nSPS) is 13.2. The molecule has 0 aliphatic heterocycles. The quantitative estimate of drug-likeness (QED) is 0.571. The minimum Gasteiger partial charge on any atom is -0.479 e. The second-order valence-corrected chi connectivity index (χ2v) is 8.23. The summed E-state index contributed by atoms with van der Waals surface area (Å²) in [6, 6.07) is 5.56. The summed E-state index contributed by atoms with van der Waals surface area (Å²) < 4.78 is 78.7. The van der Waals surface area contributed by atoms with E-state index in [0.29, 0.717) is 0 Å². The van der Waals surface area contributed by atoms with Gasteiger partial charge in [-0.25, -0.2) is 27.4 Å². The number of benzene rings is 2. The third-order valence-electron chi connectivity index (χ3n) is 4.55. The molecule has 3 aromatic rings. The van der Waals surface area contributed by atoms with Gasteiger partial charge < -0.3 is 5.11 Å². The number of primary sulfonamides is 1. The number of alkyl halides is 3. The van der Waals surface area contributed by atoms with Gasteiger partial charge in [0.15, 0.2) is 11.7 Å². The van der Waals surface area contributed by atoms with Crippen LogP contribution in [0.3, 0.4) is 0 Å². The zero-order valence-corrected chi connectivity index (χ0v) is 16.6. The highest BCUT2D eigenvalue weighted by Crippen LogP contribution is 2.39. The first-order valence-corrected chi connectivity index (χ1v) is 10.1. The number of aromatic nitrogens is 2. The molecule has 164 valence electrons. The van der Waals surface area contributed by atoms with Crippen LogP contribution in [-0.2, 0) is 21.0 Å². The van der Waals surface area contributed by atoms with Crippen LogP contribution in [0.15, 0.2) is 53.6 Å². The van der Waals surface area contributed by atoms with Crippen molar-refractivity contribution in [1.82, 2.24) is 9.78 Å². The fraction of sp³-hybridized carbons (Fsp3) is 0.158. The Labute approximate surface area is 173 Å². The van der Waals surface area contributed by atoms with Crippen molar-refractivity contribution < 1.29 is 35.9 Å². The molecule has 0 amide bonds. The molecular weight excluding hydrogens is 442 g/mol. The molecule has 1 aromatic heterocycles. The van der Waals surface area contributed by atoms with Crippen LogP contribution in [-0.4, -0.2) is 29.3 Å². The molecular formula is C19H15F4N3O4S. The van der Waals surface area contributed by atoms with Crippen molar-refractivity contribution in [2.75, 3.05) is 0 Å². The van der Waals surface area contributed by atoms with Crippen molar-refractivity contribution in [2.24, 2.45) is 5.14 Å². The Bertz CT molecular complexity index is 1250. The summed E-state index contributed by atoms with van der Waals surface area (Å²) in [6.45, 7) is 1.44. The highest BCUT2D eigenvalue weighted by Gasteiger charge is 2.42. The van der Waals surface area contributed by atoms with Crippen LogP contribution in [0.2, 0.25) is 0 Å². The van der Waals surface area contributed by atoms with Crippen LogP contribution in [0, 0.1) is 12.7 Å². The van der Waals surface area contributed by atoms with Crippen molar-refractivity contribution in [3.8, 4) is 11.1 Å². The Kier molecular flexibility index (Phi) is 5.63. The largest absolute Gasteiger partial charge is 0.479 e. The molecule has 0 radical (unpaired) electrons. The summed E-state index contributed by atoms with van der Waals surface area (Å²) in [5, 5.41) is 18.2. The van der Waals surface area contributed by atoms with Gasteiger partial charge in [-0.05, 0) is 41.8 Å². The van der Waals surface area contributed by atoms with E-state index < -0.39 is 45.3 Å². The topological polar surface area (TPSA) is 115 Å². The molecule has 1 atom stereocenters. The van der Waals surface area contributed by atoms with Gasteiger partial charge in [0.2, 0.25) is 10.0 Å². The number of hydrogen-bond donors (Lipinski definition) is 2. The number of aliphatic carboxylic acids is 1. The van der Waals surface area contributed by atoms with E-state index in [0.717, 1.165) is 36.5 Å². The Morgan fingerprint density at radius 1 is 1.16 bits per heavy atom. The van der Waals surface area contributed by atoms with Gasteiger partial charge in [0.25, 0.3) is 0 Å². The number of hydrogen-bond acceptors (Lipinski definition) is 4. The number of carbonyl (C=O) groups is 1. The molecule has 3 N–H and O–H groups in total. The van der Waals surface area contributed by atoms with Crippen molar-refractivity contribution in [3.63, 3.8) is 0 Å². The first-order chi connectivity index (χ1) is 14.3. The smallest absolute Gasteiger partial charge is 0.433 e. The second kappa shape index (κ2) is 7.78. The van der Waals surface area contributed by atoms with Crippen molar-refractivity contribution in [3.05, 3.63) is 71.3 Å². The summed E-state index contributed by atoms with van der Waals surface area (Å²) in [5.41, 5.74) is -1.97. The summed E-state index contributed by atoms with van der Waals surface area (Å²) in [5.74, 6) is -2.40. The highest BCUT2D eigenvalue weighted by molar-refractivity contribution is 7.89. The molecule has 0 saturated heterocycles. The Morgan fingerprint density at radius 3 is 2.26 bits per heavy atom. The van der Waals surface area contributed by atoms with Crippen LogP contribution in [0.5, 0.6) is 0 Å². The van der Waals surface area contributed by atoms with E-state index in [1.807, 2.05) is 0 Å². The molecule has 31 heavy (non-hydrogen) atoms. The molecule has 0 fully saturated rings. The fourth-order valence-electron chi connectivity index (χ4n) is 3.04. The lowest BCUT2D eigenvalue weighted by atomic mass is 10.0. The fourth-order valence-corrected chi connectivity index (χ4v) is 3.56. The number of carboxylic acid groups (broad SMARTS) is 1. The van der Waals surface area contributed by atoms with Gasteiger partial charge in [0.1, 0.15) is 5.82 Å². The maximum Gasteiger partial charge on any atom is 0.433 e. The van der Waals surface area contributed by atoms with Crippen molar-refractivity contribution in [1.29, 1.82) is 0 Å². The van der Waals surface area contributed by atoms with Gasteiger partial charge in [-0.1, -0.05) is 24.3 Å². The third-order valence-corrected chi connectivity index (χ3v) is 5.48. The summed E-state index contributed by atoms with van der Waals surface area (Å²) >= 11 is 0. The van der Waals surface area contributed by atoms with Gasteiger partial charge in [0, 0.05) is 5.56 Å². The summed E-state index contributed by atoms with van der Waals surface area (Å²) in [7, 11) is -4.09. The molecule has 7 nitrogen and oxygen atoms in total. The third kappa shape index (κ3) is 4.44. The zero-order valence-electron chi connectivity index (χ0n) is 15.8. The van der Waals surface area contributed by atoms with Crippen molar-refractivity contribution >= 4 is 16.0 Å². The molecule has 1 unspecified atom stereocenters. The first-order valence-electron chi connectivity index (χ1n) is 8.57. The highest BCUT2D eigenvalue weighted by atomic mass is 32.2. The number of rotatable bonds is 5. The SMILES string of the molecule is Cc1ccc(-c2cnn(C(C(=O)O)c3ccc(S(N)(=O)=O)cc3)c2C(F)(F)F)cc1F. The van der Waals surface area contributed by atoms with E-state index in [-0.39, 0.29) is 26.3 Å². The number of aryl methyl sites for hydroxylation is 1. The summed E-state index contributed by atoms with van der Waals surface area (Å²) in [6.07, 6.45) is -4.22. The monoisotopic (exact) mass is 457 g/mol. The molecule has 0 aliphatic rings. The minimum atomic E-state index is -5.03. The predicted octanol–water partition coefficient (Wildman–Crippen LogP) is 3.34. The first kappa shape index (κ1) is 22.4. The summed E-state index contributed by atoms with van der Waals surface area (Å²) in [4.78, 5) is 11.5. The van der Waals surface area contributed by atoms with Crippen LogP contribution < -0.4 is 5.14 Å². The average molecular weight is 457 g/mol. The molecule has 0 saturated carbocycles. The Morgan fingerprint density at radius 2 is 1.77 bits per heavy atom. The molecule has 3 rings (SSSR count). The van der Waals surface area contributed by atoms with Gasteiger partial charge in [-0.15, -0.1) is 0 Å². The van der Waals surface area contributed by atoms with Gasteiger partial charge in [-0.2, -0.15) is 18.3 Å². The predicted molar refractivity (Wildman–Crippen MR) is 101 cm³/mol. The number of nitrogens with zero attached hydrogens (tertiary/aromatic N) is 2. The maximum absolute atomic E-state index is 13.9. The van der Waals surface area contributed by atoms with E-state index in [2.05, 4.69) is 5.10 Å². The Balaban J connectivity index is 2.20. The van der Waals surface area contributed by atoms with E-state index in [1.54, 1.807) is 0 Å². The van der Waals surface area contributed by atoms with E-state index in [9.17, 15) is 35.9 Å². The molecule has 0 aliphatic carbocycles. The zero-order chi connectivity index (χ0) is 23.1. The average Bonchev–Trinajstić information content (AvgIpc) is 3.08. The number of carboxylic acids is 1. The number of sulfonamides is 1. The maximum atomic E-state index is 13.9. The van der Waals surface area contributed by atoms with Gasteiger partial charge >= 0.3 is 12.1 Å². The molecule has 0 spiro atoms. The number of nitrogens with two attached hydrogens (primary N) is 1. The van der Waals surface area contributed by atoms with E-state index in [1.165, 1.54) is 19.1 Å². The molecule has 2 aromatic carbocycles. The van der Waals surface area contributed by atoms with Gasteiger partial charge in [-0.3, -0.25) is 0 Å².